The molecule has 0 spiro atoms. The summed E-state index contributed by atoms with van der Waals surface area (Å²) in [6.45, 7) is 2.13. The minimum atomic E-state index is 0.966. The van der Waals surface area contributed by atoms with E-state index >= 15 is 0 Å². The summed E-state index contributed by atoms with van der Waals surface area (Å²) in [6.07, 6.45) is 1.75. The van der Waals surface area contributed by atoms with Gasteiger partial charge in [0, 0.05) is 39.3 Å². The second-order valence-electron chi connectivity index (χ2n) is 4.50. The molecule has 0 radical (unpaired) electrons. The van der Waals surface area contributed by atoms with Crippen LogP contribution < -0.4 is 9.80 Å². The first-order valence-corrected chi connectivity index (χ1v) is 5.38. The van der Waals surface area contributed by atoms with Crippen molar-refractivity contribution in [1.29, 1.82) is 0 Å². The Morgan fingerprint density at radius 3 is 2.31 bits per heavy atom. The van der Waals surface area contributed by atoms with Crippen LogP contribution in [-0.2, 0) is 0 Å². The van der Waals surface area contributed by atoms with E-state index in [0.717, 1.165) is 16.7 Å². The van der Waals surface area contributed by atoms with Crippen LogP contribution >= 0.6 is 0 Å². The van der Waals surface area contributed by atoms with Gasteiger partial charge < -0.3 is 14.2 Å². The highest BCUT2D eigenvalue weighted by atomic mass is 16.3. The highest BCUT2D eigenvalue weighted by Crippen LogP contribution is 2.36. The quantitative estimate of drug-likeness (QED) is 0.772. The zero-order chi connectivity index (χ0) is 11.9. The van der Waals surface area contributed by atoms with Crippen molar-refractivity contribution in [3.05, 3.63) is 24.0 Å². The molecular weight excluding hydrogens is 200 g/mol. The summed E-state index contributed by atoms with van der Waals surface area (Å²) < 4.78 is 5.57. The van der Waals surface area contributed by atoms with Crippen molar-refractivity contribution < 1.29 is 4.42 Å². The van der Waals surface area contributed by atoms with E-state index < -0.39 is 0 Å². The monoisotopic (exact) mass is 218 g/mol. The Labute approximate surface area is 96.3 Å². The molecule has 0 fully saturated rings. The lowest BCUT2D eigenvalue weighted by Crippen LogP contribution is -2.15. The number of furan rings is 1. The molecule has 0 saturated carbocycles. The average Bonchev–Trinajstić information content (AvgIpc) is 2.62. The molecule has 1 heterocycles. The van der Waals surface area contributed by atoms with Crippen LogP contribution in [0.1, 0.15) is 5.56 Å². The Morgan fingerprint density at radius 1 is 1.06 bits per heavy atom. The van der Waals surface area contributed by atoms with E-state index in [4.69, 9.17) is 4.42 Å². The van der Waals surface area contributed by atoms with Gasteiger partial charge in [0.25, 0.3) is 0 Å². The van der Waals surface area contributed by atoms with Gasteiger partial charge in [-0.25, -0.2) is 0 Å². The van der Waals surface area contributed by atoms with E-state index in [-0.39, 0.29) is 0 Å². The molecule has 1 aromatic heterocycles. The SMILES string of the molecule is Cc1c(N(C)C)cc2ccoc2c1N(C)C. The molecular formula is C13H18N2O. The van der Waals surface area contributed by atoms with Crippen LogP contribution in [0.4, 0.5) is 11.4 Å². The molecule has 0 saturated heterocycles. The maximum Gasteiger partial charge on any atom is 0.157 e. The lowest BCUT2D eigenvalue weighted by atomic mass is 10.1. The lowest BCUT2D eigenvalue weighted by molar-refractivity contribution is 0.615. The Kier molecular flexibility index (Phi) is 2.54. The van der Waals surface area contributed by atoms with Crippen molar-refractivity contribution in [1.82, 2.24) is 0 Å². The van der Waals surface area contributed by atoms with Gasteiger partial charge in [0.15, 0.2) is 5.58 Å². The largest absolute Gasteiger partial charge is 0.462 e. The number of anilines is 2. The molecule has 0 unspecified atom stereocenters. The van der Waals surface area contributed by atoms with Crippen molar-refractivity contribution in [3.63, 3.8) is 0 Å². The molecule has 2 aromatic rings. The van der Waals surface area contributed by atoms with Crippen molar-refractivity contribution in [2.24, 2.45) is 0 Å². The molecule has 86 valence electrons. The molecule has 16 heavy (non-hydrogen) atoms. The highest BCUT2D eigenvalue weighted by Gasteiger charge is 2.14. The van der Waals surface area contributed by atoms with Gasteiger partial charge >= 0.3 is 0 Å². The standard InChI is InChI=1S/C13H18N2O/c1-9-11(14(2)3)8-10-6-7-16-13(10)12(9)15(4)5/h6-8H,1-5H3. The van der Waals surface area contributed by atoms with Crippen molar-refractivity contribution in [3.8, 4) is 0 Å². The fourth-order valence-electron chi connectivity index (χ4n) is 2.18. The van der Waals surface area contributed by atoms with Gasteiger partial charge in [-0.05, 0) is 24.6 Å². The van der Waals surface area contributed by atoms with Crippen LogP contribution in [0.15, 0.2) is 22.8 Å². The van der Waals surface area contributed by atoms with Crippen LogP contribution in [0.3, 0.4) is 0 Å². The molecule has 0 aliphatic carbocycles. The number of nitrogens with zero attached hydrogens (tertiary/aromatic N) is 2. The Hall–Kier alpha value is -1.64. The van der Waals surface area contributed by atoms with E-state index in [1.807, 2.05) is 20.2 Å². The van der Waals surface area contributed by atoms with Crippen LogP contribution in [-0.4, -0.2) is 28.2 Å². The predicted molar refractivity (Wildman–Crippen MR) is 69.6 cm³/mol. The minimum absolute atomic E-state index is 0.966. The molecule has 1 aromatic carbocycles. The van der Waals surface area contributed by atoms with E-state index in [2.05, 4.69) is 36.9 Å². The summed E-state index contributed by atoms with van der Waals surface area (Å²) in [6, 6.07) is 4.18. The third-order valence-electron chi connectivity index (χ3n) is 2.87. The average molecular weight is 218 g/mol. The van der Waals surface area contributed by atoms with Gasteiger partial charge in [0.1, 0.15) is 0 Å². The summed E-state index contributed by atoms with van der Waals surface area (Å²) in [5.74, 6) is 0. The Morgan fingerprint density at radius 2 is 1.75 bits per heavy atom. The molecule has 0 N–H and O–H groups in total. The molecule has 3 heteroatoms. The molecule has 0 aliphatic heterocycles. The lowest BCUT2D eigenvalue weighted by Gasteiger charge is -2.22. The summed E-state index contributed by atoms with van der Waals surface area (Å²) >= 11 is 0. The summed E-state index contributed by atoms with van der Waals surface area (Å²) in [5, 5.41) is 1.15. The minimum Gasteiger partial charge on any atom is -0.462 e. The molecule has 0 bridgehead atoms. The highest BCUT2D eigenvalue weighted by molar-refractivity contribution is 5.95. The van der Waals surface area contributed by atoms with Gasteiger partial charge in [-0.1, -0.05) is 0 Å². The first-order valence-electron chi connectivity index (χ1n) is 5.38. The van der Waals surface area contributed by atoms with Gasteiger partial charge in [-0.3, -0.25) is 0 Å². The maximum absolute atomic E-state index is 5.57. The third-order valence-corrected chi connectivity index (χ3v) is 2.87. The first kappa shape index (κ1) is 10.9. The van der Waals surface area contributed by atoms with Gasteiger partial charge in [0.2, 0.25) is 0 Å². The van der Waals surface area contributed by atoms with E-state index in [1.54, 1.807) is 6.26 Å². The smallest absolute Gasteiger partial charge is 0.157 e. The number of hydrogen-bond acceptors (Lipinski definition) is 3. The van der Waals surface area contributed by atoms with Crippen molar-refractivity contribution in [2.45, 2.75) is 6.92 Å². The molecule has 2 rings (SSSR count). The number of fused-ring (bicyclic) bond motifs is 1. The third kappa shape index (κ3) is 1.52. The second-order valence-corrected chi connectivity index (χ2v) is 4.50. The van der Waals surface area contributed by atoms with Crippen molar-refractivity contribution >= 4 is 22.3 Å². The van der Waals surface area contributed by atoms with E-state index in [1.165, 1.54) is 11.3 Å². The van der Waals surface area contributed by atoms with Crippen molar-refractivity contribution in [2.75, 3.05) is 38.0 Å². The predicted octanol–water partition coefficient (Wildman–Crippen LogP) is 2.87. The summed E-state index contributed by atoms with van der Waals surface area (Å²) in [4.78, 5) is 4.24. The van der Waals surface area contributed by atoms with E-state index in [0.29, 0.717) is 0 Å². The molecule has 0 aliphatic rings. The Balaban J connectivity index is 2.81. The number of benzene rings is 1. The van der Waals surface area contributed by atoms with Crippen LogP contribution in [0.2, 0.25) is 0 Å². The summed E-state index contributed by atoms with van der Waals surface area (Å²) in [7, 11) is 8.22. The van der Waals surface area contributed by atoms with Crippen LogP contribution in [0.5, 0.6) is 0 Å². The summed E-state index contributed by atoms with van der Waals surface area (Å²) in [5.41, 5.74) is 4.61. The zero-order valence-corrected chi connectivity index (χ0v) is 10.5. The van der Waals surface area contributed by atoms with Gasteiger partial charge in [0.05, 0.1) is 12.0 Å². The molecule has 3 nitrogen and oxygen atoms in total. The second kappa shape index (κ2) is 3.74. The zero-order valence-electron chi connectivity index (χ0n) is 10.5. The topological polar surface area (TPSA) is 19.6 Å². The molecule has 0 amide bonds. The fourth-order valence-corrected chi connectivity index (χ4v) is 2.18. The molecule has 0 atom stereocenters. The fraction of sp³-hybridized carbons (Fsp3) is 0.385. The normalized spacial score (nSPS) is 10.8. The Bertz CT molecular complexity index is 512. The number of hydrogen-bond donors (Lipinski definition) is 0. The van der Waals surface area contributed by atoms with Crippen LogP contribution in [0, 0.1) is 6.92 Å². The van der Waals surface area contributed by atoms with Crippen LogP contribution in [0.25, 0.3) is 11.0 Å². The van der Waals surface area contributed by atoms with E-state index in [9.17, 15) is 0 Å². The number of rotatable bonds is 2. The van der Waals surface area contributed by atoms with Gasteiger partial charge in [-0.2, -0.15) is 0 Å². The first-order chi connectivity index (χ1) is 7.52. The van der Waals surface area contributed by atoms with Gasteiger partial charge in [-0.15, -0.1) is 0 Å². The maximum atomic E-state index is 5.57.